The summed E-state index contributed by atoms with van der Waals surface area (Å²) in [5.41, 5.74) is 0. The van der Waals surface area contributed by atoms with Crippen molar-refractivity contribution in [3.8, 4) is 0 Å². The lowest BCUT2D eigenvalue weighted by molar-refractivity contribution is -0.143. The number of hydrogen-bond donors (Lipinski definition) is 2. The third-order valence-corrected chi connectivity index (χ3v) is 3.21. The van der Waals surface area contributed by atoms with Crippen LogP contribution >= 0.6 is 0 Å². The zero-order valence-corrected chi connectivity index (χ0v) is 8.63. The van der Waals surface area contributed by atoms with Crippen molar-refractivity contribution in [1.82, 2.24) is 4.90 Å². The van der Waals surface area contributed by atoms with Crippen LogP contribution in [0.3, 0.4) is 0 Å². The van der Waals surface area contributed by atoms with Gasteiger partial charge in [0.05, 0.1) is 12.7 Å². The van der Waals surface area contributed by atoms with Crippen LogP contribution in [0.15, 0.2) is 0 Å². The Morgan fingerprint density at radius 1 is 1.47 bits per heavy atom. The minimum absolute atomic E-state index is 0.164. The molecule has 5 heteroatoms. The molecular weight excluding hydrogens is 198 g/mol. The van der Waals surface area contributed by atoms with E-state index in [1.165, 1.54) is 0 Å². The molecule has 0 bridgehead atoms. The lowest BCUT2D eigenvalue weighted by atomic mass is 10.1. The molecular formula is C10H17NO4. The minimum Gasteiger partial charge on any atom is -0.480 e. The van der Waals surface area contributed by atoms with Crippen LogP contribution in [0.5, 0.6) is 0 Å². The van der Waals surface area contributed by atoms with Crippen LogP contribution in [0.4, 0.5) is 0 Å². The zero-order chi connectivity index (χ0) is 10.8. The number of carboxylic acids is 1. The Morgan fingerprint density at radius 2 is 2.27 bits per heavy atom. The van der Waals surface area contributed by atoms with Gasteiger partial charge < -0.3 is 14.9 Å². The number of aliphatic hydroxyl groups excluding tert-OH is 1. The number of carbonyl (C=O) groups is 1. The van der Waals surface area contributed by atoms with E-state index in [1.807, 2.05) is 4.90 Å². The third-order valence-electron chi connectivity index (χ3n) is 3.21. The maximum absolute atomic E-state index is 11.0. The molecule has 2 N–H and O–H groups in total. The lowest BCUT2D eigenvalue weighted by Gasteiger charge is -2.33. The van der Waals surface area contributed by atoms with Crippen LogP contribution in [0, 0.1) is 0 Å². The van der Waals surface area contributed by atoms with Crippen molar-refractivity contribution in [2.45, 2.75) is 37.5 Å². The molecule has 2 aliphatic heterocycles. The first-order chi connectivity index (χ1) is 7.18. The highest BCUT2D eigenvalue weighted by Crippen LogP contribution is 2.24. The molecule has 3 unspecified atom stereocenters. The largest absolute Gasteiger partial charge is 0.480 e. The molecule has 3 atom stereocenters. The van der Waals surface area contributed by atoms with E-state index in [0.717, 1.165) is 19.4 Å². The van der Waals surface area contributed by atoms with Crippen molar-refractivity contribution in [3.63, 3.8) is 0 Å². The second-order valence-corrected chi connectivity index (χ2v) is 4.31. The summed E-state index contributed by atoms with van der Waals surface area (Å²) in [7, 11) is 0. The monoisotopic (exact) mass is 215 g/mol. The van der Waals surface area contributed by atoms with E-state index in [1.54, 1.807) is 0 Å². The van der Waals surface area contributed by atoms with Crippen molar-refractivity contribution in [2.24, 2.45) is 0 Å². The molecule has 2 saturated heterocycles. The van der Waals surface area contributed by atoms with Crippen molar-refractivity contribution >= 4 is 5.97 Å². The number of aliphatic carboxylic acids is 1. The second-order valence-electron chi connectivity index (χ2n) is 4.31. The highest BCUT2D eigenvalue weighted by Gasteiger charge is 2.40. The summed E-state index contributed by atoms with van der Waals surface area (Å²) in [5.74, 6) is -0.836. The van der Waals surface area contributed by atoms with Crippen LogP contribution in [0.2, 0.25) is 0 Å². The van der Waals surface area contributed by atoms with Gasteiger partial charge >= 0.3 is 5.97 Å². The maximum Gasteiger partial charge on any atom is 0.321 e. The molecule has 0 aromatic heterocycles. The Kier molecular flexibility index (Phi) is 3.23. The molecule has 0 aromatic rings. The average molecular weight is 215 g/mol. The third kappa shape index (κ3) is 2.30. The van der Waals surface area contributed by atoms with E-state index in [4.69, 9.17) is 9.84 Å². The molecule has 0 aliphatic carbocycles. The van der Waals surface area contributed by atoms with Crippen LogP contribution in [-0.2, 0) is 9.53 Å². The smallest absolute Gasteiger partial charge is 0.321 e. The fourth-order valence-electron chi connectivity index (χ4n) is 2.47. The van der Waals surface area contributed by atoms with E-state index in [-0.39, 0.29) is 6.04 Å². The van der Waals surface area contributed by atoms with Crippen LogP contribution in [0.1, 0.15) is 19.3 Å². The first kappa shape index (κ1) is 10.9. The van der Waals surface area contributed by atoms with E-state index in [9.17, 15) is 9.90 Å². The topological polar surface area (TPSA) is 70.0 Å². The highest BCUT2D eigenvalue weighted by molar-refractivity contribution is 5.74. The number of β-amino-alcohol motifs (C(OH)–C–C–N with tert-alkyl or cyclic N) is 1. The van der Waals surface area contributed by atoms with Crippen molar-refractivity contribution in [2.75, 3.05) is 19.8 Å². The SMILES string of the molecule is O=C(O)C1CC(O)CN1C1CCCOC1. The molecule has 0 aromatic carbocycles. The molecule has 0 spiro atoms. The molecule has 2 rings (SSSR count). The van der Waals surface area contributed by atoms with E-state index >= 15 is 0 Å². The maximum atomic E-state index is 11.0. The predicted octanol–water partition coefficient (Wildman–Crippen LogP) is -0.315. The average Bonchev–Trinajstić information content (AvgIpc) is 2.62. The Morgan fingerprint density at radius 3 is 2.87 bits per heavy atom. The summed E-state index contributed by atoms with van der Waals surface area (Å²) in [6.07, 6.45) is 1.78. The van der Waals surface area contributed by atoms with Gasteiger partial charge in [-0.15, -0.1) is 0 Å². The molecule has 0 amide bonds. The van der Waals surface area contributed by atoms with Crippen molar-refractivity contribution in [1.29, 1.82) is 0 Å². The fraction of sp³-hybridized carbons (Fsp3) is 0.900. The van der Waals surface area contributed by atoms with Gasteiger partial charge in [-0.2, -0.15) is 0 Å². The van der Waals surface area contributed by atoms with Gasteiger partial charge in [-0.1, -0.05) is 0 Å². The van der Waals surface area contributed by atoms with Gasteiger partial charge in [0.2, 0.25) is 0 Å². The molecule has 5 nitrogen and oxygen atoms in total. The van der Waals surface area contributed by atoms with Gasteiger partial charge in [0.25, 0.3) is 0 Å². The van der Waals surface area contributed by atoms with Gasteiger partial charge in [-0.3, -0.25) is 9.69 Å². The van der Waals surface area contributed by atoms with Crippen molar-refractivity contribution in [3.05, 3.63) is 0 Å². The molecule has 0 radical (unpaired) electrons. The van der Waals surface area contributed by atoms with Gasteiger partial charge in [-0.25, -0.2) is 0 Å². The highest BCUT2D eigenvalue weighted by atomic mass is 16.5. The Hall–Kier alpha value is -0.650. The van der Waals surface area contributed by atoms with Crippen molar-refractivity contribution < 1.29 is 19.7 Å². The summed E-state index contributed by atoms with van der Waals surface area (Å²) in [5, 5.41) is 18.5. The van der Waals surface area contributed by atoms with E-state index < -0.39 is 18.1 Å². The second kappa shape index (κ2) is 4.47. The van der Waals surface area contributed by atoms with Gasteiger partial charge in [0.1, 0.15) is 6.04 Å². The number of rotatable bonds is 2. The normalized spacial score (nSPS) is 38.1. The van der Waals surface area contributed by atoms with Crippen LogP contribution < -0.4 is 0 Å². The predicted molar refractivity (Wildman–Crippen MR) is 52.6 cm³/mol. The van der Waals surface area contributed by atoms with Gasteiger partial charge in [0.15, 0.2) is 0 Å². The molecule has 0 saturated carbocycles. The summed E-state index contributed by atoms with van der Waals surface area (Å²) in [6, 6.07) is -0.372. The summed E-state index contributed by atoms with van der Waals surface area (Å²) < 4.78 is 5.34. The van der Waals surface area contributed by atoms with E-state index in [2.05, 4.69) is 0 Å². The Balaban J connectivity index is 2.02. The quantitative estimate of drug-likeness (QED) is 0.661. The summed E-state index contributed by atoms with van der Waals surface area (Å²) in [4.78, 5) is 12.9. The first-order valence-electron chi connectivity index (χ1n) is 5.43. The number of likely N-dealkylation sites (tertiary alicyclic amines) is 1. The van der Waals surface area contributed by atoms with Gasteiger partial charge in [0, 0.05) is 25.6 Å². The Bertz CT molecular complexity index is 240. The first-order valence-corrected chi connectivity index (χ1v) is 5.43. The Labute approximate surface area is 88.6 Å². The molecule has 2 fully saturated rings. The lowest BCUT2D eigenvalue weighted by Crippen LogP contribution is -2.47. The van der Waals surface area contributed by atoms with Crippen LogP contribution in [-0.4, -0.2) is 59.0 Å². The van der Waals surface area contributed by atoms with E-state index in [0.29, 0.717) is 19.6 Å². The number of ether oxygens (including phenoxy) is 1. The number of carboxylic acid groups (broad SMARTS) is 1. The molecule has 2 heterocycles. The molecule has 15 heavy (non-hydrogen) atoms. The standard InChI is InChI=1S/C10H17NO4/c12-8-4-9(10(13)14)11(5-8)7-2-1-3-15-6-7/h7-9,12H,1-6H2,(H,13,14). The number of hydrogen-bond acceptors (Lipinski definition) is 4. The number of nitrogens with zero attached hydrogens (tertiary/aromatic N) is 1. The fourth-order valence-corrected chi connectivity index (χ4v) is 2.47. The zero-order valence-electron chi connectivity index (χ0n) is 8.63. The molecule has 86 valence electrons. The minimum atomic E-state index is -0.836. The molecule has 2 aliphatic rings. The summed E-state index contributed by atoms with van der Waals surface area (Å²) in [6.45, 7) is 1.83. The summed E-state index contributed by atoms with van der Waals surface area (Å²) >= 11 is 0. The van der Waals surface area contributed by atoms with Gasteiger partial charge in [-0.05, 0) is 12.8 Å². The number of aliphatic hydroxyl groups is 1. The van der Waals surface area contributed by atoms with Crippen LogP contribution in [0.25, 0.3) is 0 Å².